The minimum Gasteiger partial charge on any atom is -0.302 e. The highest BCUT2D eigenvalue weighted by atomic mass is 79.9. The van der Waals surface area contributed by atoms with Gasteiger partial charge < -0.3 is 5.32 Å². The van der Waals surface area contributed by atoms with Crippen molar-refractivity contribution < 1.29 is 4.79 Å². The third-order valence-electron chi connectivity index (χ3n) is 4.30. The Bertz CT molecular complexity index is 666. The Morgan fingerprint density at radius 2 is 1.41 bits per heavy atom. The first kappa shape index (κ1) is 15.9. The Hall–Kier alpha value is -0.970. The van der Waals surface area contributed by atoms with Crippen molar-refractivity contribution in [2.24, 2.45) is 5.92 Å². The summed E-state index contributed by atoms with van der Waals surface area (Å²) in [5, 5.41) is 3.65. The number of ketones is 1. The molecule has 0 bridgehead atoms. The van der Waals surface area contributed by atoms with E-state index in [0.717, 1.165) is 20.1 Å². The van der Waals surface area contributed by atoms with Crippen LogP contribution in [0.25, 0.3) is 0 Å². The number of hydrogen-bond donors (Lipinski definition) is 1. The standard InChI is InChI=1S/C18H17Br2NO/c1-11-17(22)10-16(12-2-6-14(19)7-3-12)21-18(11)13-4-8-15(20)9-5-13/h2-9,11,16,18,21H,10H2,1H3. The van der Waals surface area contributed by atoms with Crippen molar-refractivity contribution in [1.29, 1.82) is 0 Å². The molecule has 0 radical (unpaired) electrons. The summed E-state index contributed by atoms with van der Waals surface area (Å²) >= 11 is 6.91. The monoisotopic (exact) mass is 421 g/mol. The molecule has 0 saturated carbocycles. The van der Waals surface area contributed by atoms with E-state index in [4.69, 9.17) is 0 Å². The van der Waals surface area contributed by atoms with Crippen molar-refractivity contribution in [1.82, 2.24) is 5.32 Å². The molecular formula is C18H17Br2NO. The summed E-state index contributed by atoms with van der Waals surface area (Å²) in [5.74, 6) is 0.312. The molecule has 3 atom stereocenters. The van der Waals surface area contributed by atoms with Crippen molar-refractivity contribution in [3.05, 3.63) is 68.6 Å². The molecule has 2 nitrogen and oxygen atoms in total. The van der Waals surface area contributed by atoms with Crippen LogP contribution >= 0.6 is 31.9 Å². The number of Topliss-reactive ketones (excluding diaryl/α,β-unsaturated/α-hetero) is 1. The number of hydrogen-bond acceptors (Lipinski definition) is 2. The number of rotatable bonds is 2. The zero-order chi connectivity index (χ0) is 15.7. The molecule has 2 aromatic carbocycles. The second-order valence-electron chi connectivity index (χ2n) is 5.76. The molecule has 3 unspecified atom stereocenters. The van der Waals surface area contributed by atoms with Gasteiger partial charge in [0.2, 0.25) is 0 Å². The first-order valence-corrected chi connectivity index (χ1v) is 8.93. The van der Waals surface area contributed by atoms with Crippen LogP contribution in [0.4, 0.5) is 0 Å². The number of nitrogens with one attached hydrogen (secondary N) is 1. The Kier molecular flexibility index (Phi) is 4.81. The van der Waals surface area contributed by atoms with Gasteiger partial charge in [-0.15, -0.1) is 0 Å². The first-order chi connectivity index (χ1) is 10.5. The van der Waals surface area contributed by atoms with Gasteiger partial charge in [0, 0.05) is 33.4 Å². The number of carbonyl (C=O) groups excluding carboxylic acids is 1. The van der Waals surface area contributed by atoms with Gasteiger partial charge in [0.05, 0.1) is 0 Å². The van der Waals surface area contributed by atoms with Crippen LogP contribution in [0.2, 0.25) is 0 Å². The Balaban J connectivity index is 1.88. The van der Waals surface area contributed by atoms with Crippen molar-refractivity contribution in [2.75, 3.05) is 0 Å². The topological polar surface area (TPSA) is 29.1 Å². The highest BCUT2D eigenvalue weighted by Gasteiger charge is 2.34. The molecule has 0 spiro atoms. The molecule has 114 valence electrons. The molecule has 0 aliphatic carbocycles. The first-order valence-electron chi connectivity index (χ1n) is 7.34. The van der Waals surface area contributed by atoms with Gasteiger partial charge in [0.15, 0.2) is 0 Å². The molecule has 1 saturated heterocycles. The molecule has 22 heavy (non-hydrogen) atoms. The quantitative estimate of drug-likeness (QED) is 0.721. The summed E-state index contributed by atoms with van der Waals surface area (Å²) in [7, 11) is 0. The lowest BCUT2D eigenvalue weighted by atomic mass is 9.82. The summed E-state index contributed by atoms with van der Waals surface area (Å²) in [6.45, 7) is 2.01. The Morgan fingerprint density at radius 3 is 1.95 bits per heavy atom. The largest absolute Gasteiger partial charge is 0.302 e. The number of piperidine rings is 1. The Labute approximate surface area is 147 Å². The second-order valence-corrected chi connectivity index (χ2v) is 7.59. The SMILES string of the molecule is CC1C(=O)CC(c2ccc(Br)cc2)NC1c1ccc(Br)cc1. The van der Waals surface area contributed by atoms with Crippen LogP contribution in [-0.2, 0) is 4.79 Å². The van der Waals surface area contributed by atoms with E-state index in [1.807, 2.05) is 31.2 Å². The van der Waals surface area contributed by atoms with Gasteiger partial charge in [-0.25, -0.2) is 0 Å². The van der Waals surface area contributed by atoms with Crippen LogP contribution in [0.5, 0.6) is 0 Å². The summed E-state index contributed by atoms with van der Waals surface area (Å²) in [6, 6.07) is 16.5. The molecule has 2 aromatic rings. The molecule has 0 aromatic heterocycles. The summed E-state index contributed by atoms with van der Waals surface area (Å²) in [5.41, 5.74) is 2.32. The number of halogens is 2. The zero-order valence-electron chi connectivity index (χ0n) is 12.2. The third-order valence-corrected chi connectivity index (χ3v) is 5.35. The molecule has 1 N–H and O–H groups in total. The van der Waals surface area contributed by atoms with Gasteiger partial charge in [-0.1, -0.05) is 63.0 Å². The maximum atomic E-state index is 12.4. The minimum absolute atomic E-state index is 0.00660. The van der Waals surface area contributed by atoms with Gasteiger partial charge in [-0.05, 0) is 35.4 Å². The van der Waals surface area contributed by atoms with E-state index in [1.165, 1.54) is 0 Å². The van der Waals surface area contributed by atoms with Crippen LogP contribution in [0.15, 0.2) is 57.5 Å². The highest BCUT2D eigenvalue weighted by Crippen LogP contribution is 2.35. The van der Waals surface area contributed by atoms with Crippen molar-refractivity contribution >= 4 is 37.6 Å². The van der Waals surface area contributed by atoms with Crippen molar-refractivity contribution in [3.63, 3.8) is 0 Å². The Morgan fingerprint density at radius 1 is 0.909 bits per heavy atom. The van der Waals surface area contributed by atoms with Gasteiger partial charge in [-0.3, -0.25) is 4.79 Å². The lowest BCUT2D eigenvalue weighted by Crippen LogP contribution is -2.41. The fraction of sp³-hybridized carbons (Fsp3) is 0.278. The van der Waals surface area contributed by atoms with Gasteiger partial charge in [0.25, 0.3) is 0 Å². The van der Waals surface area contributed by atoms with Crippen LogP contribution in [0.3, 0.4) is 0 Å². The predicted molar refractivity (Wildman–Crippen MR) is 95.7 cm³/mol. The van der Waals surface area contributed by atoms with Crippen LogP contribution in [-0.4, -0.2) is 5.78 Å². The van der Waals surface area contributed by atoms with E-state index < -0.39 is 0 Å². The van der Waals surface area contributed by atoms with E-state index in [1.54, 1.807) is 0 Å². The molecule has 1 aliphatic rings. The van der Waals surface area contributed by atoms with Crippen molar-refractivity contribution in [3.8, 4) is 0 Å². The average molecular weight is 423 g/mol. The maximum absolute atomic E-state index is 12.4. The van der Waals surface area contributed by atoms with Crippen LogP contribution in [0.1, 0.15) is 36.6 Å². The molecule has 3 rings (SSSR count). The summed E-state index contributed by atoms with van der Waals surface area (Å²) in [6.07, 6.45) is 0.551. The predicted octanol–water partition coefficient (Wildman–Crippen LogP) is 5.19. The van der Waals surface area contributed by atoms with Gasteiger partial charge >= 0.3 is 0 Å². The lowest BCUT2D eigenvalue weighted by molar-refractivity contribution is -0.126. The van der Waals surface area contributed by atoms with E-state index in [0.29, 0.717) is 12.2 Å². The fourth-order valence-electron chi connectivity index (χ4n) is 2.96. The van der Waals surface area contributed by atoms with Gasteiger partial charge in [0.1, 0.15) is 5.78 Å². The fourth-order valence-corrected chi connectivity index (χ4v) is 3.49. The molecule has 1 heterocycles. The highest BCUT2D eigenvalue weighted by molar-refractivity contribution is 9.10. The van der Waals surface area contributed by atoms with E-state index in [9.17, 15) is 4.79 Å². The van der Waals surface area contributed by atoms with E-state index >= 15 is 0 Å². The molecule has 0 amide bonds. The van der Waals surface area contributed by atoms with Gasteiger partial charge in [-0.2, -0.15) is 0 Å². The number of benzene rings is 2. The summed E-state index contributed by atoms with van der Waals surface area (Å²) in [4.78, 5) is 12.4. The number of carbonyl (C=O) groups is 1. The average Bonchev–Trinajstić information content (AvgIpc) is 2.52. The summed E-state index contributed by atoms with van der Waals surface area (Å²) < 4.78 is 2.10. The molecule has 1 aliphatic heterocycles. The third kappa shape index (κ3) is 3.34. The maximum Gasteiger partial charge on any atom is 0.139 e. The normalized spacial score (nSPS) is 25.2. The minimum atomic E-state index is -0.00660. The smallest absolute Gasteiger partial charge is 0.139 e. The molecule has 1 fully saturated rings. The molecule has 4 heteroatoms. The van der Waals surface area contributed by atoms with Crippen LogP contribution in [0, 0.1) is 5.92 Å². The van der Waals surface area contributed by atoms with Crippen LogP contribution < -0.4 is 5.32 Å². The van der Waals surface area contributed by atoms with E-state index in [-0.39, 0.29) is 18.0 Å². The molecular weight excluding hydrogens is 406 g/mol. The zero-order valence-corrected chi connectivity index (χ0v) is 15.4. The van der Waals surface area contributed by atoms with Crippen molar-refractivity contribution in [2.45, 2.75) is 25.4 Å². The van der Waals surface area contributed by atoms with E-state index in [2.05, 4.69) is 61.4 Å². The lowest BCUT2D eigenvalue weighted by Gasteiger charge is -2.35. The second kappa shape index (κ2) is 6.65.